The molecule has 0 radical (unpaired) electrons. The maximum atomic E-state index is 14.3. The lowest BCUT2D eigenvalue weighted by Gasteiger charge is -2.39. The van der Waals surface area contributed by atoms with Crippen LogP contribution in [0.4, 0.5) is 4.79 Å². The van der Waals surface area contributed by atoms with Gasteiger partial charge in [0, 0.05) is 45.6 Å². The Morgan fingerprint density at radius 1 is 0.837 bits per heavy atom. The molecule has 86 heavy (non-hydrogen) atoms. The van der Waals surface area contributed by atoms with Gasteiger partial charge in [-0.1, -0.05) is 72.6 Å². The minimum absolute atomic E-state index is 0.0257. The number of methoxy groups -OCH3 is 1. The van der Waals surface area contributed by atoms with Gasteiger partial charge in [0.15, 0.2) is 18.5 Å². The van der Waals surface area contributed by atoms with Crippen LogP contribution in [0.25, 0.3) is 0 Å². The molecule has 30 nitrogen and oxygen atoms in total. The van der Waals surface area contributed by atoms with Crippen molar-refractivity contribution < 1.29 is 82.8 Å². The van der Waals surface area contributed by atoms with Crippen molar-refractivity contribution in [1.29, 1.82) is 0 Å². The molecule has 0 aromatic carbocycles. The number of aliphatic hydroxyl groups is 4. The van der Waals surface area contributed by atoms with Crippen LogP contribution < -0.4 is 48.9 Å². The molecular formula is C56H99N12O18+. The molecule has 15 atom stereocenters. The molecule has 0 saturated carbocycles. The van der Waals surface area contributed by atoms with E-state index in [4.69, 9.17) is 29.4 Å². The number of nitrogens with two attached hydrogens (primary N) is 1. The van der Waals surface area contributed by atoms with Crippen LogP contribution >= 0.6 is 0 Å². The van der Waals surface area contributed by atoms with Crippen LogP contribution in [0.15, 0.2) is 26.8 Å². The van der Waals surface area contributed by atoms with Crippen LogP contribution in [0, 0.1) is 11.8 Å². The number of carbonyl (C=O) groups excluding carboxylic acids is 3. The number of H-pyrrole nitrogens is 1. The number of amides is 4. The van der Waals surface area contributed by atoms with Crippen LogP contribution in [0.1, 0.15) is 111 Å². The number of aliphatic carboxylic acids is 2. The largest absolute Gasteiger partial charge is 0.480 e. The lowest BCUT2D eigenvalue weighted by Crippen LogP contribution is -2.66. The highest BCUT2D eigenvalue weighted by molar-refractivity contribution is 5.94. The van der Waals surface area contributed by atoms with Gasteiger partial charge in [-0.15, -0.1) is 0 Å². The summed E-state index contributed by atoms with van der Waals surface area (Å²) in [6.07, 6.45) is -4.23. The standard InChI is InChI=1S/C56H98N12O18/c1-32(2)37(51(76)77)64-55(80)65-38(34-19-22-60-54(57)61-34)49(75)63-39(41(70)33(3)4)48(74)59-21-18-24-66(23-16-14-12-10-8-9-11-13-15-17-26-68(6)27-29-83-30-28-68)40(52(78)79)45(86-53-47(82-7)42(71)35(84-53)31-58-5)46-43(72)44(73)50(85-46)67-25-20-36(69)62-56(67)81/h20,25,32-35,37-47,50,53,58,70-73H,8-19,21-24,26-31H2,1-7H3,(H9-,57,59,60,61,62,63,64,65,69,74,75,76,77,78,79,80,81)/p+1/t34?,35-,37?,38?,39?,40?,41?,42-,43+,44-,45?,46+,47-,50-,53?/m1/s1. The van der Waals surface area contributed by atoms with E-state index in [0.717, 1.165) is 92.7 Å². The molecular weight excluding hydrogens is 1130 g/mol. The molecule has 4 amide bonds. The second-order valence-electron chi connectivity index (χ2n) is 24.0. The Kier molecular flexibility index (Phi) is 29.0. The van der Waals surface area contributed by atoms with Gasteiger partial charge in [0.25, 0.3) is 5.56 Å². The van der Waals surface area contributed by atoms with Crippen molar-refractivity contribution in [3.05, 3.63) is 33.1 Å². The quantitative estimate of drug-likeness (QED) is 0.0241. The number of ether oxygens (including phenoxy) is 5. The highest BCUT2D eigenvalue weighted by Gasteiger charge is 2.55. The molecule has 0 spiro atoms. The van der Waals surface area contributed by atoms with Crippen molar-refractivity contribution >= 4 is 35.7 Å². The molecule has 490 valence electrons. The molecule has 1 aromatic heterocycles. The monoisotopic (exact) mass is 1230 g/mol. The van der Waals surface area contributed by atoms with Crippen LogP contribution in [0.5, 0.6) is 0 Å². The number of quaternary nitrogens is 1. The first-order valence-electron chi connectivity index (χ1n) is 30.4. The van der Waals surface area contributed by atoms with E-state index in [2.05, 4.69) is 48.9 Å². The molecule has 30 heteroatoms. The summed E-state index contributed by atoms with van der Waals surface area (Å²) in [7, 11) is 5.23. The molecule has 0 bridgehead atoms. The number of carbonyl (C=O) groups is 5. The summed E-state index contributed by atoms with van der Waals surface area (Å²) in [4.78, 5) is 101. The molecule has 0 aliphatic carbocycles. The third kappa shape index (κ3) is 20.6. The first-order valence-corrected chi connectivity index (χ1v) is 30.4. The van der Waals surface area contributed by atoms with Gasteiger partial charge in [-0.3, -0.25) is 38.6 Å². The third-order valence-corrected chi connectivity index (χ3v) is 16.7. The number of carboxylic acids is 2. The van der Waals surface area contributed by atoms with Crippen molar-refractivity contribution in [3.63, 3.8) is 0 Å². The van der Waals surface area contributed by atoms with E-state index in [9.17, 15) is 64.2 Å². The highest BCUT2D eigenvalue weighted by atomic mass is 16.7. The van der Waals surface area contributed by atoms with Gasteiger partial charge in [-0.05, 0) is 57.5 Å². The number of unbranched alkanes of at least 4 members (excludes halogenated alkanes) is 9. The summed E-state index contributed by atoms with van der Waals surface area (Å²) in [6, 6.07) is -7.00. The van der Waals surface area contributed by atoms with Crippen LogP contribution in [-0.4, -0.2) is 257 Å². The van der Waals surface area contributed by atoms with Crippen molar-refractivity contribution in [3.8, 4) is 0 Å². The molecule has 5 heterocycles. The van der Waals surface area contributed by atoms with Crippen LogP contribution in [0.3, 0.4) is 0 Å². The minimum atomic E-state index is -1.91. The number of nitrogens with zero attached hydrogens (tertiary/aromatic N) is 4. The number of rotatable bonds is 37. The number of morpholine rings is 1. The summed E-state index contributed by atoms with van der Waals surface area (Å²) in [5.74, 6) is -5.69. The van der Waals surface area contributed by atoms with Crippen LogP contribution in [0.2, 0.25) is 0 Å². The zero-order valence-corrected chi connectivity index (χ0v) is 51.0. The van der Waals surface area contributed by atoms with Gasteiger partial charge in [-0.2, -0.15) is 0 Å². The first-order chi connectivity index (χ1) is 40.9. The number of hydrogen-bond acceptors (Lipinski definition) is 21. The van der Waals surface area contributed by atoms with Gasteiger partial charge < -0.3 is 96.4 Å². The number of urea groups is 1. The zero-order chi connectivity index (χ0) is 63.3. The smallest absolute Gasteiger partial charge is 0.330 e. The number of aromatic nitrogens is 2. The number of hydrogen-bond donors (Lipinski definition) is 14. The molecule has 15 N–H and O–H groups in total. The average Bonchev–Trinajstić information content (AvgIpc) is 1.83. The number of aliphatic hydroxyl groups excluding tert-OH is 4. The van der Waals surface area contributed by atoms with Gasteiger partial charge in [0.2, 0.25) is 11.8 Å². The molecule has 8 unspecified atom stereocenters. The predicted molar refractivity (Wildman–Crippen MR) is 312 cm³/mol. The zero-order valence-electron chi connectivity index (χ0n) is 51.0. The van der Waals surface area contributed by atoms with Crippen LogP contribution in [-0.2, 0) is 42.9 Å². The van der Waals surface area contributed by atoms with E-state index in [1.165, 1.54) is 20.0 Å². The third-order valence-electron chi connectivity index (χ3n) is 16.7. The molecule has 4 aliphatic rings. The van der Waals surface area contributed by atoms with Crippen molar-refractivity contribution in [2.75, 3.05) is 86.8 Å². The predicted octanol–water partition coefficient (Wildman–Crippen LogP) is -2.54. The van der Waals surface area contributed by atoms with E-state index in [1.54, 1.807) is 39.6 Å². The second-order valence-corrected chi connectivity index (χ2v) is 24.0. The van der Waals surface area contributed by atoms with E-state index < -0.39 is 144 Å². The highest BCUT2D eigenvalue weighted by Crippen LogP contribution is 2.36. The van der Waals surface area contributed by atoms with E-state index in [-0.39, 0.29) is 51.5 Å². The van der Waals surface area contributed by atoms with Crippen molar-refractivity contribution in [2.24, 2.45) is 22.6 Å². The Morgan fingerprint density at radius 3 is 2.06 bits per heavy atom. The Labute approximate surface area is 502 Å². The lowest BCUT2D eigenvalue weighted by molar-refractivity contribution is -0.917. The van der Waals surface area contributed by atoms with Crippen molar-refractivity contribution in [1.82, 2.24) is 46.4 Å². The maximum Gasteiger partial charge on any atom is 0.330 e. The summed E-state index contributed by atoms with van der Waals surface area (Å²) in [6.45, 7) is 11.5. The van der Waals surface area contributed by atoms with Gasteiger partial charge >= 0.3 is 23.7 Å². The van der Waals surface area contributed by atoms with Gasteiger partial charge in [0.1, 0.15) is 80.0 Å². The Balaban J connectivity index is 1.36. The average molecular weight is 1230 g/mol. The number of aromatic amines is 1. The molecule has 3 saturated heterocycles. The first kappa shape index (κ1) is 71.4. The van der Waals surface area contributed by atoms with E-state index in [1.807, 2.05) is 0 Å². The summed E-state index contributed by atoms with van der Waals surface area (Å²) < 4.78 is 31.9. The summed E-state index contributed by atoms with van der Waals surface area (Å²) in [5.41, 5.74) is 4.22. The molecule has 3 fully saturated rings. The number of aliphatic imine (C=N–C) groups is 1. The normalized spacial score (nSPS) is 26.0. The fourth-order valence-electron chi connectivity index (χ4n) is 11.5. The molecule has 4 aliphatic heterocycles. The number of carboxylic acid groups (broad SMARTS) is 2. The molecule has 5 rings (SSSR count). The number of nitrogens with one attached hydrogen (secondary N) is 7. The Hall–Kier alpha value is -5.38. The van der Waals surface area contributed by atoms with Gasteiger partial charge in [-0.25, -0.2) is 14.4 Å². The number of guanidine groups is 1. The second kappa shape index (κ2) is 35.0. The van der Waals surface area contributed by atoms with E-state index >= 15 is 0 Å². The lowest BCUT2D eigenvalue weighted by atomic mass is 9.96. The maximum absolute atomic E-state index is 14.3. The Bertz CT molecular complexity index is 2450. The minimum Gasteiger partial charge on any atom is -0.480 e. The van der Waals surface area contributed by atoms with E-state index in [0.29, 0.717) is 12.8 Å². The Morgan fingerprint density at radius 2 is 1.48 bits per heavy atom. The summed E-state index contributed by atoms with van der Waals surface area (Å²) >= 11 is 0. The SMILES string of the molecule is CNC[C@H]1OC(OC(C(C(=O)O)N(CCCCCCCCCCCC[N+]2(C)CCOCC2)CCCNC(=O)C(NC(=O)C(NC(=O)NC(C(=O)O)C(C)C)C2CCN=C(N)N2)C(O)C(C)C)[C@H]2O[C@@H](n3ccc(=O)[nH]c3=O)[C@H](O)[C@@H]2O)[C@H](OC)[C@@H]1O. The number of likely N-dealkylation sites (N-methyl/N-ethyl adjacent to an activating group) is 2. The molecule has 1 aromatic rings. The van der Waals surface area contributed by atoms with Gasteiger partial charge in [0.05, 0.1) is 39.0 Å². The topological polar surface area (TPSA) is 422 Å². The summed E-state index contributed by atoms with van der Waals surface area (Å²) in [5, 5.41) is 83.1. The fourth-order valence-corrected chi connectivity index (χ4v) is 11.5. The fraction of sp³-hybridized carbons (Fsp3) is 0.821. The van der Waals surface area contributed by atoms with Crippen molar-refractivity contribution in [2.45, 2.75) is 196 Å².